The minimum Gasteiger partial charge on any atom is -0.462 e. The topological polar surface area (TPSA) is 63.6 Å². The van der Waals surface area contributed by atoms with Crippen LogP contribution in [0.15, 0.2) is 11.6 Å². The first kappa shape index (κ1) is 17.3. The van der Waals surface area contributed by atoms with Gasteiger partial charge in [-0.25, -0.2) is 0 Å². The molecule has 0 saturated heterocycles. The van der Waals surface area contributed by atoms with Crippen molar-refractivity contribution >= 4 is 11.8 Å². The highest BCUT2D eigenvalue weighted by molar-refractivity contribution is 5.87. The van der Waals surface area contributed by atoms with Crippen molar-refractivity contribution in [1.82, 2.24) is 0 Å². The van der Waals surface area contributed by atoms with E-state index in [1.54, 1.807) is 0 Å². The van der Waals surface area contributed by atoms with E-state index in [9.17, 15) is 14.7 Å². The van der Waals surface area contributed by atoms with Crippen LogP contribution in [-0.4, -0.2) is 29.1 Å². The zero-order chi connectivity index (χ0) is 18.0. The summed E-state index contributed by atoms with van der Waals surface area (Å²) in [6, 6.07) is 0. The summed E-state index contributed by atoms with van der Waals surface area (Å²) >= 11 is 0. The zero-order valence-electron chi connectivity index (χ0n) is 15.6. The number of carbonyl (C=O) groups excluding carboxylic acids is 2. The lowest BCUT2D eigenvalue weighted by molar-refractivity contribution is -0.152. The Hall–Kier alpha value is -1.16. The molecule has 4 rings (SSSR count). The SMILES string of the molecule is CC(=O)OC1CC[C@@]2(C)C(=CC[C@@H]3[C@H]2C(O)C[C@]2(C)C(=O)CC[C@@H]32)C1. The van der Waals surface area contributed by atoms with Crippen LogP contribution in [0.1, 0.15) is 65.7 Å². The Bertz CT molecular complexity index is 638. The van der Waals surface area contributed by atoms with Crippen LogP contribution in [0, 0.1) is 28.6 Å². The van der Waals surface area contributed by atoms with Crippen molar-refractivity contribution in [3.05, 3.63) is 11.6 Å². The van der Waals surface area contributed by atoms with E-state index in [2.05, 4.69) is 19.9 Å². The molecule has 0 amide bonds. The molecule has 0 radical (unpaired) electrons. The molecule has 0 aromatic rings. The lowest BCUT2D eigenvalue weighted by Gasteiger charge is -2.58. The highest BCUT2D eigenvalue weighted by Gasteiger charge is 2.61. The average Bonchev–Trinajstić information content (AvgIpc) is 2.82. The fraction of sp³-hybridized carbons (Fsp3) is 0.810. The molecule has 0 aromatic carbocycles. The van der Waals surface area contributed by atoms with E-state index in [0.717, 1.165) is 32.1 Å². The zero-order valence-corrected chi connectivity index (χ0v) is 15.6. The van der Waals surface area contributed by atoms with Crippen molar-refractivity contribution in [2.24, 2.45) is 28.6 Å². The second-order valence-corrected chi connectivity index (χ2v) is 9.30. The first-order valence-electron chi connectivity index (χ1n) is 9.84. The summed E-state index contributed by atoms with van der Waals surface area (Å²) < 4.78 is 5.46. The molecule has 0 bridgehead atoms. The van der Waals surface area contributed by atoms with Crippen molar-refractivity contribution in [3.63, 3.8) is 0 Å². The number of hydrogen-bond acceptors (Lipinski definition) is 4. The number of Topliss-reactive ketones (excluding diaryl/α,β-unsaturated/α-hetero) is 1. The van der Waals surface area contributed by atoms with Gasteiger partial charge in [-0.15, -0.1) is 0 Å². The molecule has 1 N–H and O–H groups in total. The van der Waals surface area contributed by atoms with E-state index < -0.39 is 6.10 Å². The number of aliphatic hydroxyl groups excluding tert-OH is 1. The summed E-state index contributed by atoms with van der Waals surface area (Å²) in [7, 11) is 0. The highest BCUT2D eigenvalue weighted by atomic mass is 16.5. The number of rotatable bonds is 1. The van der Waals surface area contributed by atoms with Crippen LogP contribution in [0.5, 0.6) is 0 Å². The Labute approximate surface area is 150 Å². The molecular formula is C21H30O4. The largest absolute Gasteiger partial charge is 0.462 e. The van der Waals surface area contributed by atoms with Crippen molar-refractivity contribution in [3.8, 4) is 0 Å². The summed E-state index contributed by atoms with van der Waals surface area (Å²) in [5.74, 6) is 1.19. The predicted molar refractivity (Wildman–Crippen MR) is 93.7 cm³/mol. The maximum Gasteiger partial charge on any atom is 0.302 e. The second-order valence-electron chi connectivity index (χ2n) is 9.30. The van der Waals surface area contributed by atoms with Gasteiger partial charge in [-0.3, -0.25) is 9.59 Å². The highest BCUT2D eigenvalue weighted by Crippen LogP contribution is 2.64. The van der Waals surface area contributed by atoms with Gasteiger partial charge in [-0.2, -0.15) is 0 Å². The summed E-state index contributed by atoms with van der Waals surface area (Å²) in [5, 5.41) is 11.1. The Balaban J connectivity index is 1.64. The van der Waals surface area contributed by atoms with Crippen LogP contribution < -0.4 is 0 Å². The molecule has 4 aliphatic carbocycles. The van der Waals surface area contributed by atoms with E-state index >= 15 is 0 Å². The molecule has 4 heteroatoms. The quantitative estimate of drug-likeness (QED) is 0.584. The molecule has 0 aromatic heterocycles. The molecule has 25 heavy (non-hydrogen) atoms. The van der Waals surface area contributed by atoms with Crippen molar-refractivity contribution in [1.29, 1.82) is 0 Å². The number of ether oxygens (including phenoxy) is 1. The number of ketones is 1. The maximum atomic E-state index is 12.5. The van der Waals surface area contributed by atoms with Gasteiger partial charge in [0, 0.05) is 25.2 Å². The molecule has 0 heterocycles. The molecule has 0 spiro atoms. The summed E-state index contributed by atoms with van der Waals surface area (Å²) in [5.41, 5.74) is 1.02. The molecule has 3 fully saturated rings. The maximum absolute atomic E-state index is 12.5. The first-order chi connectivity index (χ1) is 11.8. The van der Waals surface area contributed by atoms with E-state index in [0.29, 0.717) is 30.5 Å². The Kier molecular flexibility index (Phi) is 3.91. The van der Waals surface area contributed by atoms with Crippen LogP contribution in [0.2, 0.25) is 0 Å². The molecule has 4 aliphatic rings. The van der Waals surface area contributed by atoms with E-state index in [1.165, 1.54) is 12.5 Å². The molecule has 4 nitrogen and oxygen atoms in total. The third-order valence-electron chi connectivity index (χ3n) is 8.04. The molecule has 0 aliphatic heterocycles. The van der Waals surface area contributed by atoms with Gasteiger partial charge in [-0.1, -0.05) is 25.5 Å². The number of hydrogen-bond donors (Lipinski definition) is 1. The minimum atomic E-state index is -0.410. The monoisotopic (exact) mass is 346 g/mol. The van der Waals surface area contributed by atoms with Crippen LogP contribution in [0.4, 0.5) is 0 Å². The first-order valence-corrected chi connectivity index (χ1v) is 9.84. The van der Waals surface area contributed by atoms with Crippen molar-refractivity contribution < 1.29 is 19.4 Å². The molecule has 7 atom stereocenters. The Morgan fingerprint density at radius 1 is 1.28 bits per heavy atom. The minimum absolute atomic E-state index is 0.0209. The molecule has 2 unspecified atom stereocenters. The van der Waals surface area contributed by atoms with Gasteiger partial charge in [0.25, 0.3) is 0 Å². The van der Waals surface area contributed by atoms with Gasteiger partial charge in [-0.05, 0) is 55.3 Å². The van der Waals surface area contributed by atoms with Crippen LogP contribution in [-0.2, 0) is 14.3 Å². The summed E-state index contributed by atoms with van der Waals surface area (Å²) in [6.07, 6.45) is 7.76. The third kappa shape index (κ3) is 2.43. The van der Waals surface area contributed by atoms with Gasteiger partial charge in [0.1, 0.15) is 11.9 Å². The molecule has 3 saturated carbocycles. The predicted octanol–water partition coefficient (Wildman–Crippen LogP) is 3.42. The van der Waals surface area contributed by atoms with E-state index in [4.69, 9.17) is 4.74 Å². The number of esters is 1. The summed E-state index contributed by atoms with van der Waals surface area (Å²) in [4.78, 5) is 23.8. The van der Waals surface area contributed by atoms with Crippen LogP contribution >= 0.6 is 0 Å². The Morgan fingerprint density at radius 3 is 2.76 bits per heavy atom. The fourth-order valence-electron chi connectivity index (χ4n) is 6.87. The van der Waals surface area contributed by atoms with E-state index in [-0.39, 0.29) is 28.8 Å². The smallest absolute Gasteiger partial charge is 0.302 e. The van der Waals surface area contributed by atoms with Crippen LogP contribution in [0.25, 0.3) is 0 Å². The van der Waals surface area contributed by atoms with Gasteiger partial charge in [0.15, 0.2) is 0 Å². The van der Waals surface area contributed by atoms with Gasteiger partial charge in [0.05, 0.1) is 6.10 Å². The number of carbonyl (C=O) groups is 2. The second kappa shape index (κ2) is 5.67. The fourth-order valence-corrected chi connectivity index (χ4v) is 6.87. The van der Waals surface area contributed by atoms with Crippen LogP contribution in [0.3, 0.4) is 0 Å². The number of aliphatic hydroxyl groups is 1. The lowest BCUT2D eigenvalue weighted by atomic mass is 9.47. The normalized spacial score (nSPS) is 48.9. The van der Waals surface area contributed by atoms with Crippen molar-refractivity contribution in [2.75, 3.05) is 0 Å². The summed E-state index contributed by atoms with van der Waals surface area (Å²) in [6.45, 7) is 5.86. The molecular weight excluding hydrogens is 316 g/mol. The standard InChI is InChI=1S/C21H30O4/c1-12(22)25-14-8-9-20(2)13(10-14)4-5-15-16-6-7-18(24)21(16,3)11-17(23)19(15)20/h4,14-17,19,23H,5-11H2,1-3H3/t14?,15-,16-,17?,19-,20-,21-/m0/s1. The Morgan fingerprint density at radius 2 is 2.04 bits per heavy atom. The number of fused-ring (bicyclic) bond motifs is 5. The third-order valence-corrected chi connectivity index (χ3v) is 8.04. The average molecular weight is 346 g/mol. The van der Waals surface area contributed by atoms with Gasteiger partial charge in [0.2, 0.25) is 0 Å². The lowest BCUT2D eigenvalue weighted by Crippen LogP contribution is -2.56. The molecule has 138 valence electrons. The van der Waals surface area contributed by atoms with Crippen molar-refractivity contribution in [2.45, 2.75) is 77.9 Å². The van der Waals surface area contributed by atoms with E-state index in [1.807, 2.05) is 0 Å². The number of allylic oxidation sites excluding steroid dienone is 1. The van der Waals surface area contributed by atoms with Gasteiger partial charge >= 0.3 is 5.97 Å². The van der Waals surface area contributed by atoms with Gasteiger partial charge < -0.3 is 9.84 Å².